The van der Waals surface area contributed by atoms with E-state index in [-0.39, 0.29) is 17.3 Å². The fraction of sp³-hybridized carbons (Fsp3) is 0.286. The molecule has 0 aliphatic heterocycles. The van der Waals surface area contributed by atoms with Crippen molar-refractivity contribution in [2.75, 3.05) is 24.4 Å². The SMILES string of the molecule is CNC(=O)C(C)N(CCc1ccccc1)C(=O)CN(c1cc(C)cc(C)c1)S(=O)(=O)c1ccccc1. The minimum absolute atomic E-state index is 0.0899. The second-order valence-corrected chi connectivity index (χ2v) is 10.6. The third-order valence-electron chi connectivity index (χ3n) is 6.00. The number of aryl methyl sites for hydroxylation is 2. The Morgan fingerprint density at radius 2 is 1.44 bits per heavy atom. The van der Waals surface area contributed by atoms with Gasteiger partial charge < -0.3 is 10.2 Å². The lowest BCUT2D eigenvalue weighted by atomic mass is 10.1. The van der Waals surface area contributed by atoms with Gasteiger partial charge in [-0.3, -0.25) is 13.9 Å². The van der Waals surface area contributed by atoms with Crippen molar-refractivity contribution in [1.82, 2.24) is 10.2 Å². The van der Waals surface area contributed by atoms with Gasteiger partial charge in [0.25, 0.3) is 10.0 Å². The van der Waals surface area contributed by atoms with Gasteiger partial charge in [0.05, 0.1) is 10.6 Å². The average molecular weight is 508 g/mol. The smallest absolute Gasteiger partial charge is 0.264 e. The van der Waals surface area contributed by atoms with Gasteiger partial charge in [0.1, 0.15) is 12.6 Å². The second kappa shape index (κ2) is 11.9. The number of likely N-dealkylation sites (N-methyl/N-ethyl adjacent to an activating group) is 1. The van der Waals surface area contributed by atoms with Crippen molar-refractivity contribution in [2.24, 2.45) is 0 Å². The molecule has 0 aromatic heterocycles. The van der Waals surface area contributed by atoms with Crippen LogP contribution in [-0.4, -0.2) is 51.3 Å². The first-order valence-electron chi connectivity index (χ1n) is 11.8. The number of amides is 2. The molecule has 3 aromatic carbocycles. The normalized spacial score (nSPS) is 12.0. The minimum atomic E-state index is -4.05. The van der Waals surface area contributed by atoms with Crippen molar-refractivity contribution < 1.29 is 18.0 Å². The molecule has 3 rings (SSSR count). The number of carbonyl (C=O) groups is 2. The molecule has 8 heteroatoms. The average Bonchev–Trinajstić information content (AvgIpc) is 2.87. The maximum atomic E-state index is 13.7. The van der Waals surface area contributed by atoms with Crippen molar-refractivity contribution in [3.63, 3.8) is 0 Å². The van der Waals surface area contributed by atoms with Crippen molar-refractivity contribution in [1.29, 1.82) is 0 Å². The molecule has 0 spiro atoms. The summed E-state index contributed by atoms with van der Waals surface area (Å²) in [5, 5.41) is 2.59. The Morgan fingerprint density at radius 1 is 0.889 bits per heavy atom. The maximum Gasteiger partial charge on any atom is 0.264 e. The molecule has 0 aliphatic rings. The molecule has 2 amide bonds. The van der Waals surface area contributed by atoms with Crippen LogP contribution < -0.4 is 9.62 Å². The van der Waals surface area contributed by atoms with E-state index in [1.54, 1.807) is 37.3 Å². The van der Waals surface area contributed by atoms with Gasteiger partial charge in [-0.05, 0) is 68.1 Å². The summed E-state index contributed by atoms with van der Waals surface area (Å²) in [7, 11) is -2.54. The van der Waals surface area contributed by atoms with E-state index < -0.39 is 28.5 Å². The largest absolute Gasteiger partial charge is 0.357 e. The summed E-state index contributed by atoms with van der Waals surface area (Å²) in [6, 6.07) is 22.4. The number of sulfonamides is 1. The molecule has 0 fully saturated rings. The molecule has 7 nitrogen and oxygen atoms in total. The van der Waals surface area contributed by atoms with Crippen LogP contribution in [0.3, 0.4) is 0 Å². The summed E-state index contributed by atoms with van der Waals surface area (Å²) in [5.74, 6) is -0.777. The fourth-order valence-corrected chi connectivity index (χ4v) is 5.54. The lowest BCUT2D eigenvalue weighted by Gasteiger charge is -2.32. The van der Waals surface area contributed by atoms with Crippen molar-refractivity contribution >= 4 is 27.5 Å². The van der Waals surface area contributed by atoms with Gasteiger partial charge in [-0.15, -0.1) is 0 Å². The molecule has 0 bridgehead atoms. The molecule has 1 atom stereocenters. The van der Waals surface area contributed by atoms with Gasteiger partial charge in [-0.2, -0.15) is 0 Å². The van der Waals surface area contributed by atoms with Crippen LogP contribution in [0, 0.1) is 13.8 Å². The molecule has 3 aromatic rings. The van der Waals surface area contributed by atoms with Crippen LogP contribution in [0.1, 0.15) is 23.6 Å². The summed E-state index contributed by atoms with van der Waals surface area (Å²) < 4.78 is 28.6. The van der Waals surface area contributed by atoms with E-state index in [1.165, 1.54) is 24.1 Å². The number of nitrogens with one attached hydrogen (secondary N) is 1. The summed E-state index contributed by atoms with van der Waals surface area (Å²) in [4.78, 5) is 27.7. The summed E-state index contributed by atoms with van der Waals surface area (Å²) in [5.41, 5.74) is 3.18. The number of nitrogens with zero attached hydrogens (tertiary/aromatic N) is 2. The highest BCUT2D eigenvalue weighted by Crippen LogP contribution is 2.26. The molecule has 0 radical (unpaired) electrons. The van der Waals surface area contributed by atoms with Crippen LogP contribution in [0.5, 0.6) is 0 Å². The third-order valence-corrected chi connectivity index (χ3v) is 7.79. The van der Waals surface area contributed by atoms with Crippen LogP contribution in [0.4, 0.5) is 5.69 Å². The zero-order chi connectivity index (χ0) is 26.3. The summed E-state index contributed by atoms with van der Waals surface area (Å²) in [6.07, 6.45) is 0.531. The van der Waals surface area contributed by atoms with Gasteiger partial charge in [0, 0.05) is 13.6 Å². The lowest BCUT2D eigenvalue weighted by molar-refractivity contribution is -0.138. The van der Waals surface area contributed by atoms with Gasteiger partial charge in [-0.25, -0.2) is 8.42 Å². The predicted molar refractivity (Wildman–Crippen MR) is 142 cm³/mol. The zero-order valence-corrected chi connectivity index (χ0v) is 22.0. The highest BCUT2D eigenvalue weighted by Gasteiger charge is 2.32. The molecule has 1 unspecified atom stereocenters. The van der Waals surface area contributed by atoms with Gasteiger partial charge in [-0.1, -0.05) is 54.6 Å². The van der Waals surface area contributed by atoms with E-state index >= 15 is 0 Å². The van der Waals surface area contributed by atoms with E-state index in [0.29, 0.717) is 12.1 Å². The Balaban J connectivity index is 1.99. The highest BCUT2D eigenvalue weighted by atomic mass is 32.2. The van der Waals surface area contributed by atoms with Crippen molar-refractivity contribution in [3.05, 3.63) is 95.6 Å². The van der Waals surface area contributed by atoms with Gasteiger partial charge in [0.2, 0.25) is 11.8 Å². The number of benzene rings is 3. The monoisotopic (exact) mass is 507 g/mol. The Morgan fingerprint density at radius 3 is 2.00 bits per heavy atom. The first-order valence-corrected chi connectivity index (χ1v) is 13.3. The van der Waals surface area contributed by atoms with Crippen molar-refractivity contribution in [2.45, 2.75) is 38.1 Å². The van der Waals surface area contributed by atoms with Crippen LogP contribution in [0.25, 0.3) is 0 Å². The summed E-state index contributed by atoms with van der Waals surface area (Å²) in [6.45, 7) is 5.24. The molecular weight excluding hydrogens is 474 g/mol. The molecule has 0 heterocycles. The molecule has 0 saturated carbocycles. The predicted octanol–water partition coefficient (Wildman–Crippen LogP) is 3.70. The number of rotatable bonds is 10. The number of hydrogen-bond donors (Lipinski definition) is 1. The van der Waals surface area contributed by atoms with Crippen LogP contribution in [0.15, 0.2) is 83.8 Å². The molecule has 0 aliphatic carbocycles. The number of hydrogen-bond acceptors (Lipinski definition) is 4. The van der Waals surface area contributed by atoms with Crippen LogP contribution in [-0.2, 0) is 26.0 Å². The quantitative estimate of drug-likeness (QED) is 0.453. The van der Waals surface area contributed by atoms with E-state index in [0.717, 1.165) is 21.0 Å². The molecule has 1 N–H and O–H groups in total. The fourth-order valence-electron chi connectivity index (χ4n) is 4.12. The van der Waals surface area contributed by atoms with Crippen LogP contribution in [0.2, 0.25) is 0 Å². The van der Waals surface area contributed by atoms with Crippen molar-refractivity contribution in [3.8, 4) is 0 Å². The minimum Gasteiger partial charge on any atom is -0.357 e. The van der Waals surface area contributed by atoms with E-state index in [4.69, 9.17) is 0 Å². The molecular formula is C28H33N3O4S. The lowest BCUT2D eigenvalue weighted by Crippen LogP contribution is -2.51. The number of carbonyl (C=O) groups excluding carboxylic acids is 2. The molecule has 0 saturated heterocycles. The molecule has 190 valence electrons. The number of anilines is 1. The van der Waals surface area contributed by atoms with Crippen LogP contribution >= 0.6 is 0 Å². The Kier molecular flexibility index (Phi) is 8.88. The maximum absolute atomic E-state index is 13.7. The standard InChI is InChI=1S/C28H33N3O4S/c1-21-17-22(2)19-25(18-21)31(36(34,35)26-13-9-6-10-14-26)20-27(32)30(23(3)28(33)29-4)16-15-24-11-7-5-8-12-24/h5-14,17-19,23H,15-16,20H2,1-4H3,(H,29,33). The second-order valence-electron chi connectivity index (χ2n) is 8.78. The van der Waals surface area contributed by atoms with E-state index in [1.807, 2.05) is 50.2 Å². The van der Waals surface area contributed by atoms with Gasteiger partial charge in [0.15, 0.2) is 0 Å². The third kappa shape index (κ3) is 6.51. The van der Waals surface area contributed by atoms with E-state index in [9.17, 15) is 18.0 Å². The summed E-state index contributed by atoms with van der Waals surface area (Å²) >= 11 is 0. The Bertz CT molecular complexity index is 1270. The zero-order valence-electron chi connectivity index (χ0n) is 21.1. The Hall–Kier alpha value is -3.65. The molecule has 36 heavy (non-hydrogen) atoms. The highest BCUT2D eigenvalue weighted by molar-refractivity contribution is 7.92. The Labute approximate surface area is 213 Å². The van der Waals surface area contributed by atoms with Gasteiger partial charge >= 0.3 is 0 Å². The van der Waals surface area contributed by atoms with E-state index in [2.05, 4.69) is 5.32 Å². The first-order chi connectivity index (χ1) is 17.1. The topological polar surface area (TPSA) is 86.8 Å². The first kappa shape index (κ1) is 26.9.